The molecule has 1 aliphatic heterocycles. The summed E-state index contributed by atoms with van der Waals surface area (Å²) in [5, 5.41) is 13.3. The number of carbonyl (C=O) groups excluding carboxylic acids is 1. The van der Waals surface area contributed by atoms with Gasteiger partial charge in [0, 0.05) is 30.9 Å². The van der Waals surface area contributed by atoms with Crippen LogP contribution in [0.1, 0.15) is 19.3 Å². The van der Waals surface area contributed by atoms with Gasteiger partial charge in [-0.3, -0.25) is 14.9 Å². The largest absolute Gasteiger partial charge is 0.495 e. The van der Waals surface area contributed by atoms with E-state index in [0.29, 0.717) is 13.1 Å². The number of rotatable bonds is 8. The summed E-state index contributed by atoms with van der Waals surface area (Å²) in [5.74, 6) is -0.274. The van der Waals surface area contributed by atoms with Crippen molar-refractivity contribution in [1.29, 1.82) is 0 Å². The fourth-order valence-electron chi connectivity index (χ4n) is 3.26. The summed E-state index contributed by atoms with van der Waals surface area (Å²) in [6, 6.07) is 7.96. The zero-order valence-corrected chi connectivity index (χ0v) is 18.8. The minimum Gasteiger partial charge on any atom is -0.495 e. The van der Waals surface area contributed by atoms with Crippen molar-refractivity contribution in [2.24, 2.45) is 0 Å². The first-order chi connectivity index (χ1) is 15.2. The molecule has 10 nitrogen and oxygen atoms in total. The molecule has 0 aliphatic carbocycles. The molecule has 1 fully saturated rings. The maximum atomic E-state index is 13.1. The number of hydrogen-bond acceptors (Lipinski definition) is 7. The molecule has 1 amide bonds. The van der Waals surface area contributed by atoms with E-state index in [1.807, 2.05) is 0 Å². The standard InChI is InChI=1S/C20H22ClN3O7S/c1-30-18-7-5-14(11-19(18)32(28,29)23-9-3-2-4-10-23)22-20(25)13-31-17-8-6-15(24(26)27)12-16(17)21/h5-8,11-12H,2-4,9-10,13H2,1H3,(H,22,25). The Kier molecular flexibility index (Phi) is 7.54. The van der Waals surface area contributed by atoms with Crippen LogP contribution in [0.25, 0.3) is 0 Å². The van der Waals surface area contributed by atoms with E-state index in [1.54, 1.807) is 0 Å². The SMILES string of the molecule is COc1ccc(NC(=O)COc2ccc([N+](=O)[O-])cc2Cl)cc1S(=O)(=O)N1CCCCC1. The van der Waals surface area contributed by atoms with Gasteiger partial charge in [0.05, 0.1) is 17.1 Å². The minimum atomic E-state index is -3.78. The molecule has 3 rings (SSSR count). The molecule has 1 saturated heterocycles. The number of ether oxygens (including phenoxy) is 2. The van der Waals surface area contributed by atoms with Crippen LogP contribution in [-0.2, 0) is 14.8 Å². The smallest absolute Gasteiger partial charge is 0.271 e. The molecular weight excluding hydrogens is 462 g/mol. The van der Waals surface area contributed by atoms with E-state index < -0.39 is 27.5 Å². The minimum absolute atomic E-state index is 0.00800. The summed E-state index contributed by atoms with van der Waals surface area (Å²) in [6.45, 7) is 0.440. The van der Waals surface area contributed by atoms with Crippen LogP contribution < -0.4 is 14.8 Å². The second-order valence-electron chi connectivity index (χ2n) is 7.04. The number of nitro groups is 1. The van der Waals surface area contributed by atoms with Crippen LogP contribution in [0, 0.1) is 10.1 Å². The average Bonchev–Trinajstić information content (AvgIpc) is 2.78. The van der Waals surface area contributed by atoms with Gasteiger partial charge < -0.3 is 14.8 Å². The number of anilines is 1. The molecule has 1 aliphatic rings. The van der Waals surface area contributed by atoms with Crippen molar-refractivity contribution in [3.63, 3.8) is 0 Å². The van der Waals surface area contributed by atoms with E-state index in [-0.39, 0.29) is 32.8 Å². The molecule has 0 saturated carbocycles. The van der Waals surface area contributed by atoms with Crippen molar-refractivity contribution >= 4 is 38.9 Å². The Hall–Kier alpha value is -2.89. The number of nitrogens with one attached hydrogen (secondary N) is 1. The monoisotopic (exact) mass is 483 g/mol. The molecule has 12 heteroatoms. The second kappa shape index (κ2) is 10.2. The molecule has 0 atom stereocenters. The Bertz CT molecular complexity index is 1120. The lowest BCUT2D eigenvalue weighted by atomic mass is 10.2. The van der Waals surface area contributed by atoms with E-state index in [1.165, 1.54) is 41.7 Å². The number of nitro benzene ring substituents is 1. The predicted octanol–water partition coefficient (Wildman–Crippen LogP) is 3.45. The number of hydrogen-bond donors (Lipinski definition) is 1. The van der Waals surface area contributed by atoms with Crippen LogP contribution in [-0.4, -0.2) is 50.4 Å². The van der Waals surface area contributed by atoms with Gasteiger partial charge in [-0.05, 0) is 37.1 Å². The van der Waals surface area contributed by atoms with E-state index in [0.717, 1.165) is 25.3 Å². The summed E-state index contributed by atoms with van der Waals surface area (Å²) in [4.78, 5) is 22.5. The normalized spacial score (nSPS) is 14.6. The van der Waals surface area contributed by atoms with Gasteiger partial charge in [-0.25, -0.2) is 8.42 Å². The van der Waals surface area contributed by atoms with Gasteiger partial charge in [0.25, 0.3) is 11.6 Å². The van der Waals surface area contributed by atoms with Crippen LogP contribution in [0.2, 0.25) is 5.02 Å². The molecule has 2 aromatic rings. The zero-order chi connectivity index (χ0) is 23.3. The van der Waals surface area contributed by atoms with Gasteiger partial charge in [-0.1, -0.05) is 18.0 Å². The van der Waals surface area contributed by atoms with Crippen molar-refractivity contribution in [1.82, 2.24) is 4.31 Å². The van der Waals surface area contributed by atoms with Gasteiger partial charge in [0.1, 0.15) is 16.4 Å². The summed E-state index contributed by atoms with van der Waals surface area (Å²) in [5.41, 5.74) is 0.0530. The van der Waals surface area contributed by atoms with Gasteiger partial charge in [-0.2, -0.15) is 4.31 Å². The fourth-order valence-corrected chi connectivity index (χ4v) is 5.19. The molecular formula is C20H22ClN3O7S. The molecule has 172 valence electrons. The molecule has 0 bridgehead atoms. The molecule has 2 aromatic carbocycles. The summed E-state index contributed by atoms with van der Waals surface area (Å²) < 4.78 is 38.1. The van der Waals surface area contributed by atoms with Crippen molar-refractivity contribution in [2.45, 2.75) is 24.2 Å². The Labute approximate surface area is 190 Å². The van der Waals surface area contributed by atoms with Crippen LogP contribution in [0.5, 0.6) is 11.5 Å². The molecule has 1 heterocycles. The number of non-ortho nitro benzene ring substituents is 1. The maximum absolute atomic E-state index is 13.1. The van der Waals surface area contributed by atoms with Gasteiger partial charge in [0.15, 0.2) is 6.61 Å². The van der Waals surface area contributed by atoms with Crippen molar-refractivity contribution in [2.75, 3.05) is 32.1 Å². The molecule has 32 heavy (non-hydrogen) atoms. The third-order valence-electron chi connectivity index (χ3n) is 4.87. The lowest BCUT2D eigenvalue weighted by molar-refractivity contribution is -0.384. The van der Waals surface area contributed by atoms with E-state index in [9.17, 15) is 23.3 Å². The van der Waals surface area contributed by atoms with Crippen molar-refractivity contribution in [3.05, 3.63) is 51.5 Å². The lowest BCUT2D eigenvalue weighted by Crippen LogP contribution is -2.35. The van der Waals surface area contributed by atoms with Crippen molar-refractivity contribution in [3.8, 4) is 11.5 Å². The number of amides is 1. The quantitative estimate of drug-likeness (QED) is 0.449. The van der Waals surface area contributed by atoms with E-state index in [2.05, 4.69) is 5.32 Å². The van der Waals surface area contributed by atoms with E-state index >= 15 is 0 Å². The lowest BCUT2D eigenvalue weighted by Gasteiger charge is -2.26. The molecule has 0 spiro atoms. The topological polar surface area (TPSA) is 128 Å². The van der Waals surface area contributed by atoms with Gasteiger partial charge >= 0.3 is 0 Å². The number of benzene rings is 2. The second-order valence-corrected chi connectivity index (χ2v) is 9.35. The highest BCUT2D eigenvalue weighted by molar-refractivity contribution is 7.89. The van der Waals surface area contributed by atoms with Crippen LogP contribution in [0.15, 0.2) is 41.3 Å². The first-order valence-corrected chi connectivity index (χ1v) is 11.6. The van der Waals surface area contributed by atoms with Gasteiger partial charge in [0.2, 0.25) is 10.0 Å². The van der Waals surface area contributed by atoms with E-state index in [4.69, 9.17) is 21.1 Å². The highest BCUT2D eigenvalue weighted by Crippen LogP contribution is 2.31. The third kappa shape index (κ3) is 5.47. The summed E-state index contributed by atoms with van der Waals surface area (Å²) in [6.07, 6.45) is 2.57. The fraction of sp³-hybridized carbons (Fsp3) is 0.350. The predicted molar refractivity (Wildman–Crippen MR) is 118 cm³/mol. The Morgan fingerprint density at radius 1 is 1.16 bits per heavy atom. The first kappa shape index (κ1) is 23.8. The average molecular weight is 484 g/mol. The summed E-state index contributed by atoms with van der Waals surface area (Å²) in [7, 11) is -2.40. The maximum Gasteiger partial charge on any atom is 0.271 e. The van der Waals surface area contributed by atoms with Gasteiger partial charge in [-0.15, -0.1) is 0 Å². The molecule has 0 radical (unpaired) electrons. The molecule has 0 aromatic heterocycles. The van der Waals surface area contributed by atoms with Crippen LogP contribution in [0.3, 0.4) is 0 Å². The highest BCUT2D eigenvalue weighted by atomic mass is 35.5. The highest BCUT2D eigenvalue weighted by Gasteiger charge is 2.29. The molecule has 0 unspecified atom stereocenters. The number of nitrogens with zero attached hydrogens (tertiary/aromatic N) is 2. The number of carbonyl (C=O) groups is 1. The third-order valence-corrected chi connectivity index (χ3v) is 7.08. The van der Waals surface area contributed by atoms with Crippen LogP contribution in [0.4, 0.5) is 11.4 Å². The Morgan fingerprint density at radius 2 is 1.84 bits per heavy atom. The molecule has 1 N–H and O–H groups in total. The summed E-state index contributed by atoms with van der Waals surface area (Å²) >= 11 is 5.95. The Balaban J connectivity index is 1.71. The number of sulfonamides is 1. The number of halogens is 1. The zero-order valence-electron chi connectivity index (χ0n) is 17.2. The number of methoxy groups -OCH3 is 1. The first-order valence-electron chi connectivity index (χ1n) is 9.77. The van der Waals surface area contributed by atoms with Crippen molar-refractivity contribution < 1.29 is 27.6 Å². The van der Waals surface area contributed by atoms with Crippen LogP contribution >= 0.6 is 11.6 Å². The Morgan fingerprint density at radius 3 is 2.47 bits per heavy atom. The number of piperidine rings is 1.